The molecule has 0 saturated carbocycles. The Hall–Kier alpha value is -1.29. The molecule has 1 atom stereocenters. The summed E-state index contributed by atoms with van der Waals surface area (Å²) in [4.78, 5) is 11.1. The summed E-state index contributed by atoms with van der Waals surface area (Å²) in [6, 6.07) is 1.49. The molecule has 0 aliphatic rings. The monoisotopic (exact) mass is 184 g/mol. The van der Waals surface area contributed by atoms with Crippen molar-refractivity contribution in [3.8, 4) is 0 Å². The van der Waals surface area contributed by atoms with E-state index in [2.05, 4.69) is 4.74 Å². The number of aliphatic hydroxyl groups excluding tert-OH is 1. The second-order valence-electron chi connectivity index (χ2n) is 2.79. The highest BCUT2D eigenvalue weighted by Crippen LogP contribution is 2.20. The van der Waals surface area contributed by atoms with Crippen molar-refractivity contribution in [2.45, 2.75) is 20.0 Å². The fourth-order valence-corrected chi connectivity index (χ4v) is 1.02. The lowest BCUT2D eigenvalue weighted by molar-refractivity contribution is 0.0599. The number of ether oxygens (including phenoxy) is 1. The van der Waals surface area contributed by atoms with Crippen LogP contribution in [-0.2, 0) is 4.74 Å². The molecule has 4 nitrogen and oxygen atoms in total. The van der Waals surface area contributed by atoms with Gasteiger partial charge in [-0.1, -0.05) is 0 Å². The molecule has 0 aliphatic carbocycles. The molecule has 0 radical (unpaired) electrons. The van der Waals surface area contributed by atoms with Crippen LogP contribution in [0.2, 0.25) is 0 Å². The Labute approximate surface area is 76.1 Å². The summed E-state index contributed by atoms with van der Waals surface area (Å²) in [5, 5.41) is 9.17. The smallest absolute Gasteiger partial charge is 0.341 e. The highest BCUT2D eigenvalue weighted by molar-refractivity contribution is 5.90. The van der Waals surface area contributed by atoms with Crippen molar-refractivity contribution >= 4 is 5.97 Å². The van der Waals surface area contributed by atoms with Gasteiger partial charge in [-0.2, -0.15) is 0 Å². The van der Waals surface area contributed by atoms with Crippen molar-refractivity contribution in [1.82, 2.24) is 0 Å². The molecule has 0 saturated heterocycles. The maximum Gasteiger partial charge on any atom is 0.341 e. The van der Waals surface area contributed by atoms with Gasteiger partial charge in [0.2, 0.25) is 0 Å². The second kappa shape index (κ2) is 3.62. The van der Waals surface area contributed by atoms with Gasteiger partial charge in [0.25, 0.3) is 0 Å². The van der Waals surface area contributed by atoms with Gasteiger partial charge in [0.15, 0.2) is 0 Å². The molecule has 1 heterocycles. The number of rotatable bonds is 2. The lowest BCUT2D eigenvalue weighted by atomic mass is 10.2. The van der Waals surface area contributed by atoms with Crippen LogP contribution in [0.4, 0.5) is 0 Å². The highest BCUT2D eigenvalue weighted by atomic mass is 16.5. The molecule has 0 amide bonds. The number of carbonyl (C=O) groups is 1. The lowest BCUT2D eigenvalue weighted by Gasteiger charge is -1.95. The van der Waals surface area contributed by atoms with E-state index < -0.39 is 12.1 Å². The van der Waals surface area contributed by atoms with Crippen molar-refractivity contribution < 1.29 is 19.1 Å². The minimum atomic E-state index is -0.711. The first-order valence-corrected chi connectivity index (χ1v) is 3.93. The zero-order valence-electron chi connectivity index (χ0n) is 7.83. The zero-order chi connectivity index (χ0) is 10.0. The Bertz CT molecular complexity index is 311. The summed E-state index contributed by atoms with van der Waals surface area (Å²) in [5.41, 5.74) is 0.360. The van der Waals surface area contributed by atoms with Crippen molar-refractivity contribution in [2.75, 3.05) is 7.11 Å². The van der Waals surface area contributed by atoms with Crippen molar-refractivity contribution in [3.05, 3.63) is 23.2 Å². The van der Waals surface area contributed by atoms with Crippen LogP contribution in [0.25, 0.3) is 0 Å². The molecule has 1 N–H and O–H groups in total. The molecule has 0 fully saturated rings. The van der Waals surface area contributed by atoms with Crippen LogP contribution in [-0.4, -0.2) is 18.2 Å². The Morgan fingerprint density at radius 1 is 1.69 bits per heavy atom. The molecule has 0 bridgehead atoms. The molecule has 0 spiro atoms. The Balaban J connectivity index is 3.03. The Morgan fingerprint density at radius 2 is 2.31 bits per heavy atom. The Kier molecular flexibility index (Phi) is 2.72. The molecule has 1 aromatic heterocycles. The number of hydrogen-bond acceptors (Lipinski definition) is 4. The highest BCUT2D eigenvalue weighted by Gasteiger charge is 2.17. The number of aliphatic hydroxyl groups is 1. The number of hydrogen-bond donors (Lipinski definition) is 1. The van der Waals surface area contributed by atoms with Crippen LogP contribution in [0.1, 0.15) is 34.9 Å². The van der Waals surface area contributed by atoms with Gasteiger partial charge in [0.1, 0.15) is 23.2 Å². The molecular formula is C9H12O4. The molecule has 0 aliphatic heterocycles. The third kappa shape index (κ3) is 1.89. The average Bonchev–Trinajstić information content (AvgIpc) is 2.46. The van der Waals surface area contributed by atoms with Crippen molar-refractivity contribution in [2.24, 2.45) is 0 Å². The van der Waals surface area contributed by atoms with E-state index in [1.54, 1.807) is 13.8 Å². The van der Waals surface area contributed by atoms with Gasteiger partial charge in [0, 0.05) is 0 Å². The molecule has 72 valence electrons. The summed E-state index contributed by atoms with van der Waals surface area (Å²) in [6.45, 7) is 3.22. The summed E-state index contributed by atoms with van der Waals surface area (Å²) >= 11 is 0. The first-order chi connectivity index (χ1) is 6.06. The quantitative estimate of drug-likeness (QED) is 0.706. The van der Waals surface area contributed by atoms with Gasteiger partial charge in [-0.05, 0) is 19.9 Å². The topological polar surface area (TPSA) is 59.7 Å². The largest absolute Gasteiger partial charge is 0.465 e. The van der Waals surface area contributed by atoms with Gasteiger partial charge >= 0.3 is 5.97 Å². The minimum Gasteiger partial charge on any atom is -0.465 e. The van der Waals surface area contributed by atoms with Gasteiger partial charge < -0.3 is 14.3 Å². The lowest BCUT2D eigenvalue weighted by Crippen LogP contribution is -2.00. The number of esters is 1. The fourth-order valence-electron chi connectivity index (χ4n) is 1.02. The summed E-state index contributed by atoms with van der Waals surface area (Å²) in [7, 11) is 1.30. The van der Waals surface area contributed by atoms with Crippen LogP contribution in [0.5, 0.6) is 0 Å². The molecule has 4 heteroatoms. The van der Waals surface area contributed by atoms with Gasteiger partial charge in [0.05, 0.1) is 7.11 Å². The number of aryl methyl sites for hydroxylation is 1. The molecule has 0 aromatic carbocycles. The molecule has 1 rings (SSSR count). The first kappa shape index (κ1) is 9.80. The standard InChI is InChI=1S/C9H12O4/c1-5(10)8-4-7(6(2)13-8)9(11)12-3/h4-5,10H,1-3H3/t5-/m1/s1. The number of furan rings is 1. The molecular weight excluding hydrogens is 172 g/mol. The number of methoxy groups -OCH3 is 1. The third-order valence-corrected chi connectivity index (χ3v) is 1.75. The molecule has 13 heavy (non-hydrogen) atoms. The summed E-state index contributed by atoms with van der Waals surface area (Å²) in [5.74, 6) is 0.383. The van der Waals surface area contributed by atoms with E-state index in [0.29, 0.717) is 17.1 Å². The predicted molar refractivity (Wildman–Crippen MR) is 45.4 cm³/mol. The second-order valence-corrected chi connectivity index (χ2v) is 2.79. The van der Waals surface area contributed by atoms with E-state index in [0.717, 1.165) is 0 Å². The van der Waals surface area contributed by atoms with Crippen LogP contribution in [0.3, 0.4) is 0 Å². The average molecular weight is 184 g/mol. The zero-order valence-corrected chi connectivity index (χ0v) is 7.83. The van der Waals surface area contributed by atoms with Crippen molar-refractivity contribution in [3.63, 3.8) is 0 Å². The number of carbonyl (C=O) groups excluding carboxylic acids is 1. The van der Waals surface area contributed by atoms with E-state index in [1.807, 2.05) is 0 Å². The van der Waals surface area contributed by atoms with Crippen LogP contribution < -0.4 is 0 Å². The minimum absolute atomic E-state index is 0.360. The van der Waals surface area contributed by atoms with E-state index in [-0.39, 0.29) is 0 Å². The van der Waals surface area contributed by atoms with Crippen LogP contribution in [0, 0.1) is 6.92 Å². The van der Waals surface area contributed by atoms with Crippen LogP contribution >= 0.6 is 0 Å². The van der Waals surface area contributed by atoms with Crippen molar-refractivity contribution in [1.29, 1.82) is 0 Å². The van der Waals surface area contributed by atoms with E-state index in [9.17, 15) is 9.90 Å². The predicted octanol–water partition coefficient (Wildman–Crippen LogP) is 1.43. The van der Waals surface area contributed by atoms with E-state index in [4.69, 9.17) is 4.42 Å². The van der Waals surface area contributed by atoms with E-state index >= 15 is 0 Å². The maximum absolute atomic E-state index is 11.1. The third-order valence-electron chi connectivity index (χ3n) is 1.75. The summed E-state index contributed by atoms with van der Waals surface area (Å²) in [6.07, 6.45) is -0.711. The first-order valence-electron chi connectivity index (χ1n) is 3.93. The van der Waals surface area contributed by atoms with Gasteiger partial charge in [-0.25, -0.2) is 4.79 Å². The van der Waals surface area contributed by atoms with E-state index in [1.165, 1.54) is 13.2 Å². The van der Waals surface area contributed by atoms with Gasteiger partial charge in [-0.15, -0.1) is 0 Å². The molecule has 1 aromatic rings. The summed E-state index contributed by atoms with van der Waals surface area (Å²) < 4.78 is 9.68. The fraction of sp³-hybridized carbons (Fsp3) is 0.444. The van der Waals surface area contributed by atoms with Crippen LogP contribution in [0.15, 0.2) is 10.5 Å². The molecule has 0 unspecified atom stereocenters. The Morgan fingerprint density at radius 3 is 2.69 bits per heavy atom. The normalized spacial score (nSPS) is 12.6. The SMILES string of the molecule is COC(=O)c1cc([C@@H](C)O)oc1C. The maximum atomic E-state index is 11.1. The van der Waals surface area contributed by atoms with Gasteiger partial charge in [-0.3, -0.25) is 0 Å².